The van der Waals surface area contributed by atoms with Crippen LogP contribution in [0.4, 0.5) is 0 Å². The average Bonchev–Trinajstić information content (AvgIpc) is 2.59. The summed E-state index contributed by atoms with van der Waals surface area (Å²) in [4.78, 5) is 11.2. The van der Waals surface area contributed by atoms with Gasteiger partial charge < -0.3 is 9.26 Å². The van der Waals surface area contributed by atoms with E-state index in [1.54, 1.807) is 18.2 Å². The zero-order chi connectivity index (χ0) is 10.1. The minimum atomic E-state index is -0.546. The number of ether oxygens (including phenoxy) is 1. The molecule has 72 valence electrons. The van der Waals surface area contributed by atoms with Gasteiger partial charge in [0.25, 0.3) is 5.76 Å². The minimum absolute atomic E-state index is 0.0965. The number of halogens is 1. The maximum atomic E-state index is 11.2. The first-order valence-corrected chi connectivity index (χ1v) is 4.23. The van der Waals surface area contributed by atoms with E-state index in [0.29, 0.717) is 15.9 Å². The van der Waals surface area contributed by atoms with E-state index in [0.717, 1.165) is 0 Å². The lowest BCUT2D eigenvalue weighted by atomic mass is 10.2. The Morgan fingerprint density at radius 3 is 3.07 bits per heavy atom. The molecular weight excluding hydrogens is 206 g/mol. The van der Waals surface area contributed by atoms with Gasteiger partial charge in [0.1, 0.15) is 5.52 Å². The molecule has 0 saturated heterocycles. The van der Waals surface area contributed by atoms with Crippen molar-refractivity contribution >= 4 is 28.5 Å². The van der Waals surface area contributed by atoms with E-state index in [2.05, 4.69) is 9.89 Å². The van der Waals surface area contributed by atoms with Gasteiger partial charge in [0.15, 0.2) is 0 Å². The maximum Gasteiger partial charge on any atom is 0.377 e. The van der Waals surface area contributed by atoms with Crippen molar-refractivity contribution in [3.63, 3.8) is 0 Å². The van der Waals surface area contributed by atoms with Crippen LogP contribution in [0.3, 0.4) is 0 Å². The number of hydrogen-bond acceptors (Lipinski definition) is 4. The maximum absolute atomic E-state index is 11.2. The van der Waals surface area contributed by atoms with Crippen LogP contribution in [0.2, 0.25) is 5.02 Å². The highest BCUT2D eigenvalue weighted by molar-refractivity contribution is 6.31. The van der Waals surface area contributed by atoms with Crippen molar-refractivity contribution in [2.24, 2.45) is 0 Å². The number of methoxy groups -OCH3 is 1. The van der Waals surface area contributed by atoms with Gasteiger partial charge in [-0.25, -0.2) is 4.79 Å². The largest absolute Gasteiger partial charge is 0.463 e. The van der Waals surface area contributed by atoms with Crippen LogP contribution in [0.1, 0.15) is 10.6 Å². The summed E-state index contributed by atoms with van der Waals surface area (Å²) in [6.07, 6.45) is 0. The van der Waals surface area contributed by atoms with Gasteiger partial charge in [-0.2, -0.15) is 0 Å². The molecule has 0 saturated carbocycles. The van der Waals surface area contributed by atoms with Crippen molar-refractivity contribution in [3.05, 3.63) is 29.0 Å². The molecule has 4 nitrogen and oxygen atoms in total. The highest BCUT2D eigenvalue weighted by Crippen LogP contribution is 2.22. The van der Waals surface area contributed by atoms with Gasteiger partial charge in [-0.3, -0.25) is 0 Å². The lowest BCUT2D eigenvalue weighted by Gasteiger charge is -1.92. The number of hydrogen-bond donors (Lipinski definition) is 0. The molecule has 1 aromatic carbocycles. The first kappa shape index (κ1) is 9.02. The molecule has 0 aliphatic carbocycles. The molecule has 0 aliphatic heterocycles. The van der Waals surface area contributed by atoms with Gasteiger partial charge in [0.2, 0.25) is 0 Å². The van der Waals surface area contributed by atoms with Crippen molar-refractivity contribution < 1.29 is 14.1 Å². The first-order chi connectivity index (χ1) is 6.72. The smallest absolute Gasteiger partial charge is 0.377 e. The summed E-state index contributed by atoms with van der Waals surface area (Å²) in [7, 11) is 1.28. The molecule has 1 heterocycles. The van der Waals surface area contributed by atoms with E-state index >= 15 is 0 Å². The fourth-order valence-corrected chi connectivity index (χ4v) is 1.32. The van der Waals surface area contributed by atoms with Crippen LogP contribution in [0.5, 0.6) is 0 Å². The Balaban J connectivity index is 2.64. The molecule has 2 aromatic rings. The normalized spacial score (nSPS) is 10.4. The highest BCUT2D eigenvalue weighted by atomic mass is 35.5. The van der Waals surface area contributed by atoms with Crippen LogP contribution in [-0.2, 0) is 4.74 Å². The van der Waals surface area contributed by atoms with Gasteiger partial charge in [0.05, 0.1) is 12.5 Å². The molecule has 1 aromatic heterocycles. The molecule has 0 spiro atoms. The van der Waals surface area contributed by atoms with E-state index < -0.39 is 5.97 Å². The molecule has 0 aliphatic rings. The van der Waals surface area contributed by atoms with Crippen molar-refractivity contribution in [2.45, 2.75) is 0 Å². The number of fused-ring (bicyclic) bond motifs is 1. The molecule has 0 unspecified atom stereocenters. The monoisotopic (exact) mass is 211 g/mol. The number of rotatable bonds is 1. The summed E-state index contributed by atoms with van der Waals surface area (Å²) in [5, 5.41) is 4.83. The summed E-state index contributed by atoms with van der Waals surface area (Å²) >= 11 is 5.74. The van der Waals surface area contributed by atoms with Crippen molar-refractivity contribution in [1.82, 2.24) is 5.16 Å². The van der Waals surface area contributed by atoms with Gasteiger partial charge in [-0.15, -0.1) is 0 Å². The van der Waals surface area contributed by atoms with E-state index in [1.807, 2.05) is 0 Å². The Bertz CT molecular complexity index is 492. The lowest BCUT2D eigenvalue weighted by Crippen LogP contribution is -1.99. The summed E-state index contributed by atoms with van der Waals surface area (Å²) in [5.41, 5.74) is 0.540. The topological polar surface area (TPSA) is 52.3 Å². The summed E-state index contributed by atoms with van der Waals surface area (Å²) in [6, 6.07) is 4.95. The van der Waals surface area contributed by atoms with Gasteiger partial charge in [-0.05, 0) is 18.2 Å². The van der Waals surface area contributed by atoms with Crippen LogP contribution in [0, 0.1) is 0 Å². The molecule has 2 rings (SSSR count). The number of nitrogens with zero attached hydrogens (tertiary/aromatic N) is 1. The van der Waals surface area contributed by atoms with Gasteiger partial charge in [-0.1, -0.05) is 16.8 Å². The molecule has 0 fully saturated rings. The predicted molar refractivity (Wildman–Crippen MR) is 50.4 cm³/mol. The zero-order valence-corrected chi connectivity index (χ0v) is 8.04. The molecule has 0 radical (unpaired) electrons. The first-order valence-electron chi connectivity index (χ1n) is 3.85. The molecule has 0 bridgehead atoms. The van der Waals surface area contributed by atoms with E-state index in [-0.39, 0.29) is 5.76 Å². The standard InChI is InChI=1S/C9H6ClNO3/c1-13-9(12)8-6-3-2-5(10)4-7(6)11-14-8/h2-4H,1H3. The fourth-order valence-electron chi connectivity index (χ4n) is 1.16. The fraction of sp³-hybridized carbons (Fsp3) is 0.111. The molecule has 0 amide bonds. The number of carbonyl (C=O) groups excluding carboxylic acids is 1. The van der Waals surface area contributed by atoms with Gasteiger partial charge in [0, 0.05) is 5.02 Å². The Labute approximate surface area is 84.4 Å². The zero-order valence-electron chi connectivity index (χ0n) is 7.28. The van der Waals surface area contributed by atoms with Crippen molar-refractivity contribution in [1.29, 1.82) is 0 Å². The molecule has 5 heteroatoms. The highest BCUT2D eigenvalue weighted by Gasteiger charge is 2.16. The second kappa shape index (κ2) is 3.31. The minimum Gasteiger partial charge on any atom is -0.463 e. The van der Waals surface area contributed by atoms with Crippen LogP contribution in [-0.4, -0.2) is 18.2 Å². The lowest BCUT2D eigenvalue weighted by molar-refractivity contribution is 0.0558. The van der Waals surface area contributed by atoms with Crippen LogP contribution < -0.4 is 0 Å². The van der Waals surface area contributed by atoms with Crippen LogP contribution >= 0.6 is 11.6 Å². The van der Waals surface area contributed by atoms with E-state index in [4.69, 9.17) is 16.1 Å². The Hall–Kier alpha value is -1.55. The Kier molecular flexibility index (Phi) is 2.13. The van der Waals surface area contributed by atoms with Crippen molar-refractivity contribution in [3.8, 4) is 0 Å². The molecule has 0 N–H and O–H groups in total. The van der Waals surface area contributed by atoms with Crippen LogP contribution in [0.25, 0.3) is 10.9 Å². The van der Waals surface area contributed by atoms with Gasteiger partial charge >= 0.3 is 5.97 Å². The number of esters is 1. The van der Waals surface area contributed by atoms with Crippen molar-refractivity contribution in [2.75, 3.05) is 7.11 Å². The second-order valence-corrected chi connectivity index (χ2v) is 3.10. The average molecular weight is 212 g/mol. The summed E-state index contributed by atoms with van der Waals surface area (Å²) in [6.45, 7) is 0. The Morgan fingerprint density at radius 2 is 2.36 bits per heavy atom. The third-order valence-electron chi connectivity index (χ3n) is 1.81. The van der Waals surface area contributed by atoms with E-state index in [9.17, 15) is 4.79 Å². The third-order valence-corrected chi connectivity index (χ3v) is 2.05. The predicted octanol–water partition coefficient (Wildman–Crippen LogP) is 2.27. The molecule has 0 atom stereocenters. The Morgan fingerprint density at radius 1 is 1.57 bits per heavy atom. The van der Waals surface area contributed by atoms with Crippen LogP contribution in [0.15, 0.2) is 22.7 Å². The number of aromatic nitrogens is 1. The number of carbonyl (C=O) groups is 1. The summed E-state index contributed by atoms with van der Waals surface area (Å²) < 4.78 is 9.37. The molecule has 14 heavy (non-hydrogen) atoms. The third kappa shape index (κ3) is 1.33. The quantitative estimate of drug-likeness (QED) is 0.679. The number of benzene rings is 1. The SMILES string of the molecule is COC(=O)c1onc2cc(Cl)ccc12. The second-order valence-electron chi connectivity index (χ2n) is 2.66. The van der Waals surface area contributed by atoms with E-state index in [1.165, 1.54) is 7.11 Å². The molecular formula is C9H6ClNO3. The summed E-state index contributed by atoms with van der Waals surface area (Å²) in [5.74, 6) is -0.450.